The van der Waals surface area contributed by atoms with E-state index in [1.165, 1.54) is 0 Å². The van der Waals surface area contributed by atoms with Gasteiger partial charge in [-0.2, -0.15) is 0 Å². The largest absolute Gasteiger partial charge is 0.340 e. The van der Waals surface area contributed by atoms with Gasteiger partial charge in [0.05, 0.1) is 5.92 Å². The lowest BCUT2D eigenvalue weighted by molar-refractivity contribution is -0.120. The maximum atomic E-state index is 12.7. The normalized spacial score (nSPS) is 16.1. The second-order valence-corrected chi connectivity index (χ2v) is 6.52. The topological polar surface area (TPSA) is 99.2 Å². The number of carbonyl (C=O) groups excluding carboxylic acids is 2. The van der Waals surface area contributed by atoms with Crippen LogP contribution in [0.4, 0.5) is 22.1 Å². The van der Waals surface area contributed by atoms with Gasteiger partial charge in [-0.05, 0) is 43.2 Å². The highest BCUT2D eigenvalue weighted by Gasteiger charge is 2.27. The molecule has 1 atom stereocenters. The van der Waals surface area contributed by atoms with Crippen molar-refractivity contribution in [2.75, 3.05) is 35.2 Å². The number of hydrogen-bond donors (Lipinski definition) is 3. The van der Waals surface area contributed by atoms with Gasteiger partial charge in [-0.15, -0.1) is 6.58 Å². The number of piperidine rings is 1. The van der Waals surface area contributed by atoms with E-state index in [9.17, 15) is 9.59 Å². The molecule has 2 aromatic rings. The minimum absolute atomic E-state index is 0.0231. The molecule has 0 radical (unpaired) electrons. The fourth-order valence-corrected chi connectivity index (χ4v) is 3.05. The van der Waals surface area contributed by atoms with Crippen LogP contribution < -0.4 is 20.9 Å². The van der Waals surface area contributed by atoms with Gasteiger partial charge in [0.25, 0.3) is 0 Å². The predicted octanol–water partition coefficient (Wildman–Crippen LogP) is 2.64. The van der Waals surface area contributed by atoms with Gasteiger partial charge in [0.15, 0.2) is 0 Å². The van der Waals surface area contributed by atoms with E-state index < -0.39 is 0 Å². The molecular weight excluding hydrogens is 356 g/mol. The minimum atomic E-state index is -0.304. The molecule has 1 aliphatic heterocycles. The maximum Gasteiger partial charge on any atom is 0.319 e. The standard InChI is InChI=1S/C20H24N6O2/c1-2-10-23-20(28)25-17-8-6-16(7-9-17)24-18(27)15-5-3-13-26(14-15)19-21-11-4-12-22-19/h2,4,6-9,11-12,15H,1,3,5,10,13-14H2,(H,24,27)(H2,23,25,28). The number of anilines is 3. The second kappa shape index (κ2) is 9.50. The zero-order valence-corrected chi connectivity index (χ0v) is 15.6. The van der Waals surface area contributed by atoms with E-state index in [1.807, 2.05) is 4.90 Å². The van der Waals surface area contributed by atoms with Gasteiger partial charge in [-0.3, -0.25) is 4.79 Å². The molecule has 146 valence electrons. The van der Waals surface area contributed by atoms with E-state index in [4.69, 9.17) is 0 Å². The average molecular weight is 380 g/mol. The summed E-state index contributed by atoms with van der Waals surface area (Å²) in [5.74, 6) is 0.510. The first kappa shape index (κ1) is 19.3. The molecular formula is C20H24N6O2. The molecule has 8 heteroatoms. The summed E-state index contributed by atoms with van der Waals surface area (Å²) in [5, 5.41) is 8.30. The van der Waals surface area contributed by atoms with Gasteiger partial charge in [0.2, 0.25) is 11.9 Å². The lowest BCUT2D eigenvalue weighted by Gasteiger charge is -2.31. The number of nitrogens with one attached hydrogen (secondary N) is 3. The lowest BCUT2D eigenvalue weighted by atomic mass is 9.97. The third kappa shape index (κ3) is 5.29. The predicted molar refractivity (Wildman–Crippen MR) is 109 cm³/mol. The Labute approximate surface area is 164 Å². The lowest BCUT2D eigenvalue weighted by Crippen LogP contribution is -2.41. The van der Waals surface area contributed by atoms with Crippen LogP contribution in [-0.4, -0.2) is 41.5 Å². The van der Waals surface area contributed by atoms with E-state index in [0.29, 0.717) is 30.4 Å². The summed E-state index contributed by atoms with van der Waals surface area (Å²) >= 11 is 0. The van der Waals surface area contributed by atoms with E-state index in [0.717, 1.165) is 19.4 Å². The van der Waals surface area contributed by atoms with Crippen molar-refractivity contribution in [2.24, 2.45) is 5.92 Å². The summed E-state index contributed by atoms with van der Waals surface area (Å²) in [6, 6.07) is 8.49. The number of aromatic nitrogens is 2. The zero-order chi connectivity index (χ0) is 19.8. The summed E-state index contributed by atoms with van der Waals surface area (Å²) in [6.45, 7) is 5.39. The summed E-state index contributed by atoms with van der Waals surface area (Å²) in [4.78, 5) is 34.9. The summed E-state index contributed by atoms with van der Waals surface area (Å²) in [5.41, 5.74) is 1.33. The number of amides is 3. The molecule has 0 spiro atoms. The quantitative estimate of drug-likeness (QED) is 0.669. The molecule has 1 unspecified atom stereocenters. The van der Waals surface area contributed by atoms with Gasteiger partial charge in [0.1, 0.15) is 0 Å². The molecule has 1 fully saturated rings. The van der Waals surface area contributed by atoms with E-state index >= 15 is 0 Å². The highest BCUT2D eigenvalue weighted by molar-refractivity contribution is 5.94. The van der Waals surface area contributed by atoms with Crippen molar-refractivity contribution in [1.82, 2.24) is 15.3 Å². The van der Waals surface area contributed by atoms with Crippen LogP contribution in [-0.2, 0) is 4.79 Å². The molecule has 1 aromatic heterocycles. The van der Waals surface area contributed by atoms with E-state index in [-0.39, 0.29) is 17.9 Å². The molecule has 2 heterocycles. The van der Waals surface area contributed by atoms with Crippen molar-refractivity contribution in [3.05, 3.63) is 55.4 Å². The van der Waals surface area contributed by atoms with Gasteiger partial charge in [-0.1, -0.05) is 6.08 Å². The van der Waals surface area contributed by atoms with Crippen molar-refractivity contribution in [2.45, 2.75) is 12.8 Å². The number of nitrogens with zero attached hydrogens (tertiary/aromatic N) is 3. The molecule has 0 aliphatic carbocycles. The zero-order valence-electron chi connectivity index (χ0n) is 15.6. The number of urea groups is 1. The third-order valence-electron chi connectivity index (χ3n) is 4.44. The SMILES string of the molecule is C=CCNC(=O)Nc1ccc(NC(=O)C2CCCN(c3ncccn3)C2)cc1. The molecule has 8 nitrogen and oxygen atoms in total. The van der Waals surface area contributed by atoms with Crippen molar-refractivity contribution >= 4 is 29.3 Å². The monoisotopic (exact) mass is 380 g/mol. The average Bonchev–Trinajstić information content (AvgIpc) is 2.74. The smallest absolute Gasteiger partial charge is 0.319 e. The molecule has 0 bridgehead atoms. The first-order chi connectivity index (χ1) is 13.7. The van der Waals surface area contributed by atoms with Crippen LogP contribution in [0.2, 0.25) is 0 Å². The van der Waals surface area contributed by atoms with Crippen molar-refractivity contribution in [3.8, 4) is 0 Å². The highest BCUT2D eigenvalue weighted by Crippen LogP contribution is 2.22. The van der Waals surface area contributed by atoms with Gasteiger partial charge in [-0.25, -0.2) is 14.8 Å². The van der Waals surface area contributed by atoms with Crippen molar-refractivity contribution < 1.29 is 9.59 Å². The van der Waals surface area contributed by atoms with Crippen LogP contribution in [0.15, 0.2) is 55.4 Å². The summed E-state index contributed by atoms with van der Waals surface area (Å²) < 4.78 is 0. The van der Waals surface area contributed by atoms with Crippen LogP contribution in [0.25, 0.3) is 0 Å². The Morgan fingerprint density at radius 3 is 2.50 bits per heavy atom. The van der Waals surface area contributed by atoms with Gasteiger partial charge in [0, 0.05) is 43.4 Å². The van der Waals surface area contributed by atoms with Crippen molar-refractivity contribution in [1.29, 1.82) is 0 Å². The Kier molecular flexibility index (Phi) is 6.56. The van der Waals surface area contributed by atoms with Crippen LogP contribution in [0.3, 0.4) is 0 Å². The molecule has 1 aromatic carbocycles. The first-order valence-corrected chi connectivity index (χ1v) is 9.24. The van der Waals surface area contributed by atoms with E-state index in [2.05, 4.69) is 32.5 Å². The number of hydrogen-bond acceptors (Lipinski definition) is 5. The highest BCUT2D eigenvalue weighted by atomic mass is 16.2. The van der Waals surface area contributed by atoms with Crippen LogP contribution >= 0.6 is 0 Å². The Balaban J connectivity index is 1.54. The molecule has 3 rings (SSSR count). The maximum absolute atomic E-state index is 12.7. The Bertz CT molecular complexity index is 809. The van der Waals surface area contributed by atoms with Crippen LogP contribution in [0.1, 0.15) is 12.8 Å². The van der Waals surface area contributed by atoms with Gasteiger partial charge < -0.3 is 20.9 Å². The molecule has 3 N–H and O–H groups in total. The number of carbonyl (C=O) groups is 2. The minimum Gasteiger partial charge on any atom is -0.340 e. The Morgan fingerprint density at radius 2 is 1.82 bits per heavy atom. The summed E-state index contributed by atoms with van der Waals surface area (Å²) in [7, 11) is 0. The number of rotatable bonds is 6. The van der Waals surface area contributed by atoms with Crippen LogP contribution in [0.5, 0.6) is 0 Å². The fourth-order valence-electron chi connectivity index (χ4n) is 3.05. The summed E-state index contributed by atoms with van der Waals surface area (Å²) in [6.07, 6.45) is 6.77. The van der Waals surface area contributed by atoms with Crippen LogP contribution in [0, 0.1) is 5.92 Å². The molecule has 1 saturated heterocycles. The number of benzene rings is 1. The first-order valence-electron chi connectivity index (χ1n) is 9.24. The molecule has 28 heavy (non-hydrogen) atoms. The van der Waals surface area contributed by atoms with E-state index in [1.54, 1.807) is 48.8 Å². The Morgan fingerprint density at radius 1 is 1.14 bits per heavy atom. The molecule has 0 saturated carbocycles. The Hall–Kier alpha value is -3.42. The van der Waals surface area contributed by atoms with Crippen molar-refractivity contribution in [3.63, 3.8) is 0 Å². The molecule has 3 amide bonds. The molecule has 1 aliphatic rings. The van der Waals surface area contributed by atoms with Gasteiger partial charge >= 0.3 is 6.03 Å². The third-order valence-corrected chi connectivity index (χ3v) is 4.44. The second-order valence-electron chi connectivity index (χ2n) is 6.52. The fraction of sp³-hybridized carbons (Fsp3) is 0.300.